The van der Waals surface area contributed by atoms with E-state index < -0.39 is 0 Å². The summed E-state index contributed by atoms with van der Waals surface area (Å²) >= 11 is 0. The minimum Gasteiger partial charge on any atom is -0.399 e. The van der Waals surface area contributed by atoms with E-state index in [0.717, 1.165) is 23.2 Å². The van der Waals surface area contributed by atoms with Gasteiger partial charge in [0.25, 0.3) is 0 Å². The SMILES string of the molecule is CCCCCCCCC(c1ccc(C(CCC(CCCC)C2CCCCC2)c2ccc(C(CCCCCCCC)c3ccc(N)cc3C)cc2)cc1)c1ccc(N)cc1C. The molecule has 5 rings (SSSR count). The Hall–Kier alpha value is -3.52. The van der Waals surface area contributed by atoms with Crippen molar-refractivity contribution in [1.29, 1.82) is 0 Å². The highest BCUT2D eigenvalue weighted by Gasteiger charge is 2.26. The van der Waals surface area contributed by atoms with E-state index >= 15 is 0 Å². The Labute approximate surface area is 369 Å². The van der Waals surface area contributed by atoms with Gasteiger partial charge in [-0.2, -0.15) is 0 Å². The number of hydrogen-bond donors (Lipinski definition) is 2. The van der Waals surface area contributed by atoms with E-state index in [9.17, 15) is 0 Å². The van der Waals surface area contributed by atoms with Crippen molar-refractivity contribution in [3.8, 4) is 0 Å². The summed E-state index contributed by atoms with van der Waals surface area (Å²) < 4.78 is 0. The molecule has 0 heterocycles. The van der Waals surface area contributed by atoms with Crippen molar-refractivity contribution in [2.24, 2.45) is 11.8 Å². The quantitative estimate of drug-likeness (QED) is 0.0466. The molecule has 328 valence electrons. The smallest absolute Gasteiger partial charge is 0.0316 e. The highest BCUT2D eigenvalue weighted by molar-refractivity contribution is 5.50. The molecule has 0 amide bonds. The first-order chi connectivity index (χ1) is 29.3. The summed E-state index contributed by atoms with van der Waals surface area (Å²) in [4.78, 5) is 0. The fraction of sp³-hybridized carbons (Fsp3) is 0.586. The van der Waals surface area contributed by atoms with Gasteiger partial charge in [0.2, 0.25) is 0 Å². The average molecular weight is 811 g/mol. The molecule has 4 aromatic rings. The predicted molar refractivity (Wildman–Crippen MR) is 264 cm³/mol. The molecule has 0 aliphatic heterocycles. The molecule has 1 saturated carbocycles. The molecule has 0 bridgehead atoms. The number of unbranched alkanes of at least 4 members (excludes halogenated alkanes) is 11. The molecule has 3 unspecified atom stereocenters. The van der Waals surface area contributed by atoms with Crippen LogP contribution in [0.15, 0.2) is 84.9 Å². The van der Waals surface area contributed by atoms with Gasteiger partial charge in [0, 0.05) is 29.1 Å². The predicted octanol–water partition coefficient (Wildman–Crippen LogP) is 17.5. The van der Waals surface area contributed by atoms with Crippen molar-refractivity contribution in [1.82, 2.24) is 0 Å². The van der Waals surface area contributed by atoms with Crippen molar-refractivity contribution < 1.29 is 0 Å². The van der Waals surface area contributed by atoms with Gasteiger partial charge in [-0.05, 0) is 120 Å². The van der Waals surface area contributed by atoms with Gasteiger partial charge in [-0.1, -0.05) is 210 Å². The Bertz CT molecular complexity index is 1650. The molecule has 0 aromatic heterocycles. The number of hydrogen-bond acceptors (Lipinski definition) is 2. The van der Waals surface area contributed by atoms with E-state index in [1.54, 1.807) is 0 Å². The van der Waals surface area contributed by atoms with Crippen LogP contribution in [0.1, 0.15) is 237 Å². The number of nitrogens with two attached hydrogens (primary N) is 2. The molecular weight excluding hydrogens is 725 g/mol. The van der Waals surface area contributed by atoms with Gasteiger partial charge in [-0.3, -0.25) is 0 Å². The van der Waals surface area contributed by atoms with E-state index in [-0.39, 0.29) is 0 Å². The van der Waals surface area contributed by atoms with Gasteiger partial charge in [0.15, 0.2) is 0 Å². The largest absolute Gasteiger partial charge is 0.399 e. The molecule has 1 aliphatic rings. The van der Waals surface area contributed by atoms with Crippen molar-refractivity contribution in [2.45, 2.75) is 206 Å². The van der Waals surface area contributed by atoms with Gasteiger partial charge in [-0.15, -0.1) is 0 Å². The molecule has 0 saturated heterocycles. The molecule has 4 aromatic carbocycles. The average Bonchev–Trinajstić information content (AvgIpc) is 3.26. The van der Waals surface area contributed by atoms with Crippen LogP contribution in [0.25, 0.3) is 0 Å². The van der Waals surface area contributed by atoms with E-state index in [4.69, 9.17) is 11.5 Å². The van der Waals surface area contributed by atoms with Gasteiger partial charge in [0.05, 0.1) is 0 Å². The summed E-state index contributed by atoms with van der Waals surface area (Å²) in [5.74, 6) is 2.94. The minimum absolute atomic E-state index is 0.395. The zero-order valence-electron chi connectivity index (χ0n) is 39.1. The summed E-state index contributed by atoms with van der Waals surface area (Å²) in [5, 5.41) is 0. The molecule has 2 nitrogen and oxygen atoms in total. The molecule has 0 spiro atoms. The van der Waals surface area contributed by atoms with Crippen LogP contribution < -0.4 is 11.5 Å². The number of aryl methyl sites for hydroxylation is 2. The standard InChI is InChI=1S/C58H86N2/c1-6-9-12-14-16-21-26-57(54-40-37-52(59)42-44(54)4)50-32-28-48(29-33-50)56(39-36-47(23-11-8-3)46-24-19-18-20-25-46)49-30-34-51(35-31-49)58(27-22-17-15-13-10-7-2)55-41-38-53(60)43-45(55)5/h28-35,37-38,40-43,46-47,56-58H,6-27,36,39,59-60H2,1-5H3. The Balaban J connectivity index is 1.44. The molecule has 3 atom stereocenters. The molecule has 1 fully saturated rings. The minimum atomic E-state index is 0.395. The van der Waals surface area contributed by atoms with E-state index in [0.29, 0.717) is 17.8 Å². The maximum atomic E-state index is 6.27. The van der Waals surface area contributed by atoms with Crippen LogP contribution in [0.4, 0.5) is 11.4 Å². The van der Waals surface area contributed by atoms with E-state index in [1.165, 1.54) is 199 Å². The van der Waals surface area contributed by atoms with Gasteiger partial charge in [0.1, 0.15) is 0 Å². The second kappa shape index (κ2) is 26.1. The van der Waals surface area contributed by atoms with E-state index in [1.807, 2.05) is 0 Å². The normalized spacial score (nSPS) is 15.5. The van der Waals surface area contributed by atoms with Crippen LogP contribution in [-0.2, 0) is 0 Å². The monoisotopic (exact) mass is 811 g/mol. The Kier molecular flexibility index (Phi) is 20.6. The van der Waals surface area contributed by atoms with Crippen LogP contribution in [0, 0.1) is 25.7 Å². The van der Waals surface area contributed by atoms with Gasteiger partial charge >= 0.3 is 0 Å². The lowest BCUT2D eigenvalue weighted by Gasteiger charge is -2.32. The third-order valence-corrected chi connectivity index (χ3v) is 14.6. The maximum Gasteiger partial charge on any atom is 0.0316 e. The number of anilines is 2. The van der Waals surface area contributed by atoms with Gasteiger partial charge < -0.3 is 11.5 Å². The van der Waals surface area contributed by atoms with Crippen LogP contribution in [0.5, 0.6) is 0 Å². The lowest BCUT2D eigenvalue weighted by molar-refractivity contribution is 0.215. The second-order valence-corrected chi connectivity index (χ2v) is 19.2. The number of rotatable bonds is 27. The second-order valence-electron chi connectivity index (χ2n) is 19.2. The zero-order valence-corrected chi connectivity index (χ0v) is 39.1. The van der Waals surface area contributed by atoms with Crippen molar-refractivity contribution in [3.05, 3.63) is 129 Å². The topological polar surface area (TPSA) is 52.0 Å². The van der Waals surface area contributed by atoms with Crippen molar-refractivity contribution in [3.63, 3.8) is 0 Å². The Morgan fingerprint density at radius 3 is 1.23 bits per heavy atom. The fourth-order valence-corrected chi connectivity index (χ4v) is 11.0. The number of benzene rings is 4. The van der Waals surface area contributed by atoms with Crippen LogP contribution in [0.2, 0.25) is 0 Å². The van der Waals surface area contributed by atoms with Crippen LogP contribution in [0.3, 0.4) is 0 Å². The van der Waals surface area contributed by atoms with E-state index in [2.05, 4.69) is 120 Å². The molecule has 2 heteroatoms. The molecule has 0 radical (unpaired) electrons. The van der Waals surface area contributed by atoms with Crippen LogP contribution >= 0.6 is 0 Å². The molecule has 60 heavy (non-hydrogen) atoms. The first kappa shape index (κ1) is 47.5. The molecule has 1 aliphatic carbocycles. The number of nitrogen functional groups attached to an aromatic ring is 2. The summed E-state index contributed by atoms with van der Waals surface area (Å²) in [6, 6.07) is 33.2. The van der Waals surface area contributed by atoms with Crippen molar-refractivity contribution in [2.75, 3.05) is 11.5 Å². The lowest BCUT2D eigenvalue weighted by atomic mass is 9.74. The van der Waals surface area contributed by atoms with Crippen LogP contribution in [-0.4, -0.2) is 0 Å². The first-order valence-electron chi connectivity index (χ1n) is 25.2. The summed E-state index contributed by atoms with van der Waals surface area (Å²) in [6.45, 7) is 11.5. The lowest BCUT2D eigenvalue weighted by Crippen LogP contribution is -2.19. The third-order valence-electron chi connectivity index (χ3n) is 14.6. The molecular formula is C58H86N2. The van der Waals surface area contributed by atoms with Gasteiger partial charge in [-0.25, -0.2) is 0 Å². The highest BCUT2D eigenvalue weighted by Crippen LogP contribution is 2.41. The first-order valence-corrected chi connectivity index (χ1v) is 25.2. The molecule has 4 N–H and O–H groups in total. The Morgan fingerprint density at radius 2 is 0.817 bits per heavy atom. The van der Waals surface area contributed by atoms with Crippen molar-refractivity contribution >= 4 is 11.4 Å². The fourth-order valence-electron chi connectivity index (χ4n) is 11.0. The zero-order chi connectivity index (χ0) is 42.5. The summed E-state index contributed by atoms with van der Waals surface area (Å²) in [6.07, 6.45) is 32.1. The maximum absolute atomic E-state index is 6.27. The summed E-state index contributed by atoms with van der Waals surface area (Å²) in [7, 11) is 0. The highest BCUT2D eigenvalue weighted by atomic mass is 14.5. The third kappa shape index (κ3) is 14.6. The summed E-state index contributed by atoms with van der Waals surface area (Å²) in [5.41, 5.74) is 25.7. The Morgan fingerprint density at radius 1 is 0.417 bits per heavy atom.